The van der Waals surface area contributed by atoms with Gasteiger partial charge in [-0.15, -0.1) is 0 Å². The molecule has 0 atom stereocenters. The molecule has 0 saturated carbocycles. The third-order valence-corrected chi connectivity index (χ3v) is 4.79. The van der Waals surface area contributed by atoms with Gasteiger partial charge < -0.3 is 9.64 Å². The lowest BCUT2D eigenvalue weighted by atomic mass is 10.1. The van der Waals surface area contributed by atoms with E-state index in [9.17, 15) is 0 Å². The Balaban J connectivity index is 1.78. The molecule has 2 nitrogen and oxygen atoms in total. The van der Waals surface area contributed by atoms with Gasteiger partial charge in [-0.2, -0.15) is 0 Å². The van der Waals surface area contributed by atoms with Crippen LogP contribution in [0.5, 0.6) is 0 Å². The molecule has 134 valence electrons. The Bertz CT molecular complexity index is 960. The normalized spacial score (nSPS) is 13.7. The summed E-state index contributed by atoms with van der Waals surface area (Å²) in [6.45, 7) is 2.08. The predicted octanol–water partition coefficient (Wildman–Crippen LogP) is 7.14. The minimum atomic E-state index is 0.694. The van der Waals surface area contributed by atoms with Gasteiger partial charge >= 0.3 is 0 Å². The van der Waals surface area contributed by atoms with E-state index < -0.39 is 0 Å². The molecular formula is C23H17Cl2NO. The summed E-state index contributed by atoms with van der Waals surface area (Å²) in [5.41, 5.74) is 4.17. The molecule has 0 bridgehead atoms. The number of hydrogen-bond donors (Lipinski definition) is 0. The van der Waals surface area contributed by atoms with Gasteiger partial charge in [0.05, 0.1) is 12.4 Å². The van der Waals surface area contributed by atoms with Crippen molar-refractivity contribution in [3.8, 4) is 0 Å². The smallest absolute Gasteiger partial charge is 0.151 e. The number of halogens is 2. The lowest BCUT2D eigenvalue weighted by Crippen LogP contribution is -2.15. The molecule has 0 spiro atoms. The Morgan fingerprint density at radius 1 is 0.704 bits per heavy atom. The van der Waals surface area contributed by atoms with Crippen LogP contribution in [0.4, 0.5) is 5.69 Å². The van der Waals surface area contributed by atoms with Crippen molar-refractivity contribution in [3.63, 3.8) is 0 Å². The molecule has 0 amide bonds. The van der Waals surface area contributed by atoms with E-state index in [2.05, 4.69) is 30.0 Å². The van der Waals surface area contributed by atoms with Crippen molar-refractivity contribution in [2.24, 2.45) is 0 Å². The summed E-state index contributed by atoms with van der Waals surface area (Å²) >= 11 is 12.1. The van der Waals surface area contributed by atoms with Crippen LogP contribution in [0.15, 0.2) is 85.2 Å². The third kappa shape index (κ3) is 4.02. The van der Waals surface area contributed by atoms with E-state index in [1.165, 1.54) is 5.56 Å². The van der Waals surface area contributed by atoms with Gasteiger partial charge in [0.2, 0.25) is 0 Å². The molecule has 27 heavy (non-hydrogen) atoms. The molecule has 0 aromatic heterocycles. The van der Waals surface area contributed by atoms with Crippen LogP contribution in [0.25, 0.3) is 11.5 Å². The molecular weight excluding hydrogens is 377 g/mol. The largest absolute Gasteiger partial charge is 0.453 e. The van der Waals surface area contributed by atoms with Crippen molar-refractivity contribution in [2.45, 2.75) is 6.92 Å². The zero-order chi connectivity index (χ0) is 18.8. The molecule has 0 unspecified atom stereocenters. The van der Waals surface area contributed by atoms with Crippen molar-refractivity contribution in [2.75, 3.05) is 4.90 Å². The van der Waals surface area contributed by atoms with Crippen LogP contribution < -0.4 is 4.90 Å². The van der Waals surface area contributed by atoms with E-state index in [-0.39, 0.29) is 0 Å². The maximum atomic E-state index is 6.21. The number of rotatable bonds is 3. The molecule has 0 saturated heterocycles. The Morgan fingerprint density at radius 3 is 1.70 bits per heavy atom. The van der Waals surface area contributed by atoms with Crippen molar-refractivity contribution in [1.82, 2.24) is 0 Å². The highest BCUT2D eigenvalue weighted by Crippen LogP contribution is 2.33. The number of ether oxygens (including phenoxy) is 1. The average Bonchev–Trinajstić information content (AvgIpc) is 2.69. The van der Waals surface area contributed by atoms with Crippen LogP contribution in [-0.4, -0.2) is 0 Å². The van der Waals surface area contributed by atoms with Crippen LogP contribution in [0.1, 0.15) is 16.7 Å². The summed E-state index contributed by atoms with van der Waals surface area (Å²) in [7, 11) is 0. The Morgan fingerprint density at radius 2 is 1.22 bits per heavy atom. The van der Waals surface area contributed by atoms with Crippen molar-refractivity contribution < 1.29 is 4.74 Å². The molecule has 3 aromatic rings. The number of aryl methyl sites for hydroxylation is 1. The summed E-state index contributed by atoms with van der Waals surface area (Å²) in [5, 5.41) is 1.39. The van der Waals surface area contributed by atoms with Crippen LogP contribution in [-0.2, 0) is 4.74 Å². The van der Waals surface area contributed by atoms with Crippen molar-refractivity contribution in [3.05, 3.63) is 112 Å². The van der Waals surface area contributed by atoms with Gasteiger partial charge in [-0.25, -0.2) is 0 Å². The molecule has 0 radical (unpaired) electrons. The standard InChI is InChI=1S/C23H17Cl2NO/c1-16-3-2-4-21(13-16)26-14-22(17-5-9-19(24)10-6-17)27-23(15-26)18-7-11-20(25)12-8-18/h2-15H,1H3. The highest BCUT2D eigenvalue weighted by atomic mass is 35.5. The van der Waals surface area contributed by atoms with Gasteiger partial charge in [-0.3, -0.25) is 0 Å². The lowest BCUT2D eigenvalue weighted by Gasteiger charge is -2.26. The molecule has 3 aromatic carbocycles. The molecule has 0 N–H and O–H groups in total. The fraction of sp³-hybridized carbons (Fsp3) is 0.0435. The fourth-order valence-corrected chi connectivity index (χ4v) is 3.15. The Labute approximate surface area is 168 Å². The molecule has 4 heteroatoms. The van der Waals surface area contributed by atoms with E-state index in [4.69, 9.17) is 27.9 Å². The zero-order valence-electron chi connectivity index (χ0n) is 14.7. The summed E-state index contributed by atoms with van der Waals surface area (Å²) in [6.07, 6.45) is 3.97. The maximum Gasteiger partial charge on any atom is 0.151 e. The highest BCUT2D eigenvalue weighted by Gasteiger charge is 2.18. The lowest BCUT2D eigenvalue weighted by molar-refractivity contribution is 0.462. The summed E-state index contributed by atoms with van der Waals surface area (Å²) in [6, 6.07) is 23.6. The van der Waals surface area contributed by atoms with Gasteiger partial charge in [-0.1, -0.05) is 35.3 Å². The van der Waals surface area contributed by atoms with Crippen molar-refractivity contribution in [1.29, 1.82) is 0 Å². The first-order valence-corrected chi connectivity index (χ1v) is 9.32. The van der Waals surface area contributed by atoms with Crippen LogP contribution in [0.2, 0.25) is 10.0 Å². The molecule has 0 fully saturated rings. The van der Waals surface area contributed by atoms with Gasteiger partial charge in [0.1, 0.15) is 0 Å². The molecule has 0 aliphatic carbocycles. The van der Waals surface area contributed by atoms with E-state index in [0.29, 0.717) is 10.0 Å². The Kier molecular flexibility index (Phi) is 4.93. The van der Waals surface area contributed by atoms with Gasteiger partial charge in [0, 0.05) is 26.9 Å². The minimum absolute atomic E-state index is 0.694. The summed E-state index contributed by atoms with van der Waals surface area (Å²) < 4.78 is 6.21. The number of benzene rings is 3. The second-order valence-corrected chi connectivity index (χ2v) is 7.22. The second-order valence-electron chi connectivity index (χ2n) is 6.35. The summed E-state index contributed by atoms with van der Waals surface area (Å²) in [4.78, 5) is 2.07. The number of hydrogen-bond acceptors (Lipinski definition) is 2. The van der Waals surface area contributed by atoms with E-state index in [1.54, 1.807) is 0 Å². The van der Waals surface area contributed by atoms with Crippen LogP contribution >= 0.6 is 23.2 Å². The molecule has 4 rings (SSSR count). The predicted molar refractivity (Wildman–Crippen MR) is 114 cm³/mol. The van der Waals surface area contributed by atoms with Crippen molar-refractivity contribution >= 4 is 40.4 Å². The fourth-order valence-electron chi connectivity index (χ4n) is 2.89. The van der Waals surface area contributed by atoms with Gasteiger partial charge in [0.15, 0.2) is 11.5 Å². The first kappa shape index (κ1) is 17.7. The quantitative estimate of drug-likeness (QED) is 0.468. The van der Waals surface area contributed by atoms with Gasteiger partial charge in [-0.05, 0) is 73.2 Å². The molecule has 1 aliphatic rings. The van der Waals surface area contributed by atoms with E-state index in [0.717, 1.165) is 28.3 Å². The maximum absolute atomic E-state index is 6.21. The van der Waals surface area contributed by atoms with Crippen LogP contribution in [0.3, 0.4) is 0 Å². The van der Waals surface area contributed by atoms with Gasteiger partial charge in [0.25, 0.3) is 0 Å². The Hall–Kier alpha value is -2.68. The SMILES string of the molecule is Cc1cccc(N2C=C(c3ccc(Cl)cc3)OC(c3ccc(Cl)cc3)=C2)c1. The minimum Gasteiger partial charge on any atom is -0.453 e. The zero-order valence-corrected chi connectivity index (χ0v) is 16.2. The van der Waals surface area contributed by atoms with Crippen LogP contribution in [0, 0.1) is 6.92 Å². The molecule has 1 aliphatic heterocycles. The topological polar surface area (TPSA) is 12.5 Å². The highest BCUT2D eigenvalue weighted by molar-refractivity contribution is 6.30. The average molecular weight is 394 g/mol. The number of nitrogens with zero attached hydrogens (tertiary/aromatic N) is 1. The second kappa shape index (κ2) is 7.51. The van der Waals surface area contributed by atoms with E-state index >= 15 is 0 Å². The monoisotopic (exact) mass is 393 g/mol. The third-order valence-electron chi connectivity index (χ3n) is 4.29. The first-order valence-electron chi connectivity index (χ1n) is 8.57. The number of anilines is 1. The van der Waals surface area contributed by atoms with E-state index in [1.807, 2.05) is 67.0 Å². The first-order chi connectivity index (χ1) is 13.1. The molecule has 1 heterocycles. The summed E-state index contributed by atoms with van der Waals surface area (Å²) in [5.74, 6) is 1.50.